The number of hydrogen-bond acceptors (Lipinski definition) is 2. The van der Waals surface area contributed by atoms with Crippen molar-refractivity contribution in [3.63, 3.8) is 0 Å². The van der Waals surface area contributed by atoms with Gasteiger partial charge in [-0.1, -0.05) is 18.2 Å². The Bertz CT molecular complexity index is 420. The maximum atomic E-state index is 11.7. The van der Waals surface area contributed by atoms with Crippen LogP contribution in [0.15, 0.2) is 24.3 Å². The lowest BCUT2D eigenvalue weighted by molar-refractivity contribution is -0.118. The normalized spacial score (nSPS) is 19.3. The molecule has 0 spiro atoms. The van der Waals surface area contributed by atoms with Crippen LogP contribution in [0.2, 0.25) is 0 Å². The van der Waals surface area contributed by atoms with E-state index in [0.29, 0.717) is 0 Å². The highest BCUT2D eigenvalue weighted by molar-refractivity contribution is 6.04. The second-order valence-electron chi connectivity index (χ2n) is 3.37. The minimum Gasteiger partial charge on any atom is -0.315 e. The molecule has 0 aliphatic carbocycles. The number of likely N-dealkylation sites (N-methyl/N-ethyl adjacent to an activating group) is 1. The van der Waals surface area contributed by atoms with Gasteiger partial charge >= 0.3 is 0 Å². The van der Waals surface area contributed by atoms with Crippen LogP contribution in [0.5, 0.6) is 0 Å². The van der Waals surface area contributed by atoms with Gasteiger partial charge in [0.25, 0.3) is 0 Å². The minimum absolute atomic E-state index is 0.0211. The molecule has 1 aromatic rings. The summed E-state index contributed by atoms with van der Waals surface area (Å²) in [6.07, 6.45) is 0.264. The van der Waals surface area contributed by atoms with Crippen LogP contribution in [-0.4, -0.2) is 13.0 Å². The topological polar surface area (TPSA) is 44.1 Å². The molecule has 1 aromatic carbocycles. The maximum absolute atomic E-state index is 11.7. The van der Waals surface area contributed by atoms with Gasteiger partial charge in [0.15, 0.2) is 0 Å². The van der Waals surface area contributed by atoms with Crippen molar-refractivity contribution in [1.82, 2.24) is 0 Å². The Morgan fingerprint density at radius 3 is 2.93 bits per heavy atom. The molecule has 1 aliphatic rings. The Morgan fingerprint density at radius 2 is 2.21 bits per heavy atom. The molecule has 0 saturated heterocycles. The van der Waals surface area contributed by atoms with Crippen molar-refractivity contribution in [3.05, 3.63) is 29.8 Å². The number of amides is 1. The third kappa shape index (κ3) is 1.08. The van der Waals surface area contributed by atoms with Crippen LogP contribution >= 0.6 is 0 Å². The Hall–Kier alpha value is -1.82. The molecule has 0 radical (unpaired) electrons. The lowest BCUT2D eigenvalue weighted by Gasteiger charge is -2.09. The summed E-state index contributed by atoms with van der Waals surface area (Å²) in [5.41, 5.74) is 1.90. The molecule has 14 heavy (non-hydrogen) atoms. The number of nitriles is 1. The van der Waals surface area contributed by atoms with Crippen molar-refractivity contribution < 1.29 is 4.79 Å². The number of rotatable bonds is 1. The van der Waals surface area contributed by atoms with Gasteiger partial charge in [-0.2, -0.15) is 5.26 Å². The van der Waals surface area contributed by atoms with Crippen molar-refractivity contribution >= 4 is 11.6 Å². The highest BCUT2D eigenvalue weighted by Gasteiger charge is 2.34. The second kappa shape index (κ2) is 3.15. The smallest absolute Gasteiger partial charge is 0.235 e. The zero-order chi connectivity index (χ0) is 10.1. The number of nitrogens with zero attached hydrogens (tertiary/aromatic N) is 2. The summed E-state index contributed by atoms with van der Waals surface area (Å²) >= 11 is 0. The molecule has 3 heteroatoms. The van der Waals surface area contributed by atoms with Gasteiger partial charge in [-0.05, 0) is 11.6 Å². The number of anilines is 1. The van der Waals surface area contributed by atoms with Gasteiger partial charge in [0.1, 0.15) is 0 Å². The van der Waals surface area contributed by atoms with Crippen molar-refractivity contribution in [2.45, 2.75) is 12.3 Å². The lowest BCUT2D eigenvalue weighted by atomic mass is 9.98. The molecule has 0 fully saturated rings. The van der Waals surface area contributed by atoms with Crippen molar-refractivity contribution in [1.29, 1.82) is 5.26 Å². The van der Waals surface area contributed by atoms with E-state index in [9.17, 15) is 4.79 Å². The third-order valence-corrected chi connectivity index (χ3v) is 2.60. The molecule has 1 amide bonds. The van der Waals surface area contributed by atoms with Crippen LogP contribution in [0.25, 0.3) is 0 Å². The van der Waals surface area contributed by atoms with Gasteiger partial charge < -0.3 is 4.90 Å². The van der Waals surface area contributed by atoms with Crippen LogP contribution in [0.4, 0.5) is 5.69 Å². The van der Waals surface area contributed by atoms with Crippen LogP contribution in [0, 0.1) is 11.3 Å². The van der Waals surface area contributed by atoms with Gasteiger partial charge in [0.05, 0.1) is 18.4 Å². The molecule has 0 unspecified atom stereocenters. The zero-order valence-corrected chi connectivity index (χ0v) is 7.90. The molecule has 1 aliphatic heterocycles. The van der Waals surface area contributed by atoms with Crippen molar-refractivity contribution in [2.24, 2.45) is 0 Å². The fourth-order valence-corrected chi connectivity index (χ4v) is 1.86. The Kier molecular flexibility index (Phi) is 1.97. The van der Waals surface area contributed by atoms with E-state index < -0.39 is 0 Å². The fourth-order valence-electron chi connectivity index (χ4n) is 1.86. The average Bonchev–Trinajstić information content (AvgIpc) is 2.45. The van der Waals surface area contributed by atoms with Crippen LogP contribution in [-0.2, 0) is 4.79 Å². The standard InChI is InChI=1S/C11H10N2O/c1-13-10-5-3-2-4-8(10)9(6-7-12)11(13)14/h2-5,9H,6H2,1H3/t9-/m1/s1. The fraction of sp³-hybridized carbons (Fsp3) is 0.273. The summed E-state index contributed by atoms with van der Waals surface area (Å²) in [7, 11) is 1.75. The number of carbonyl (C=O) groups is 1. The summed E-state index contributed by atoms with van der Waals surface area (Å²) in [5, 5.41) is 8.64. The van der Waals surface area contributed by atoms with Gasteiger partial charge in [0, 0.05) is 12.7 Å². The highest BCUT2D eigenvalue weighted by Crippen LogP contribution is 2.37. The van der Waals surface area contributed by atoms with Crippen molar-refractivity contribution in [3.8, 4) is 6.07 Å². The summed E-state index contributed by atoms with van der Waals surface area (Å²) in [5.74, 6) is -0.242. The molecule has 2 rings (SSSR count). The predicted octanol–water partition coefficient (Wildman–Crippen LogP) is 1.66. The number of carbonyl (C=O) groups excluding carboxylic acids is 1. The predicted molar refractivity (Wildman–Crippen MR) is 52.8 cm³/mol. The molecule has 0 saturated carbocycles. The maximum Gasteiger partial charge on any atom is 0.235 e. The summed E-state index contributed by atoms with van der Waals surface area (Å²) < 4.78 is 0. The van der Waals surface area contributed by atoms with Gasteiger partial charge in [-0.15, -0.1) is 0 Å². The molecule has 3 nitrogen and oxygen atoms in total. The van der Waals surface area contributed by atoms with Crippen LogP contribution < -0.4 is 4.90 Å². The largest absolute Gasteiger partial charge is 0.315 e. The van der Waals surface area contributed by atoms with E-state index >= 15 is 0 Å². The number of fused-ring (bicyclic) bond motifs is 1. The first kappa shape index (κ1) is 8.76. The number of benzene rings is 1. The highest BCUT2D eigenvalue weighted by atomic mass is 16.2. The third-order valence-electron chi connectivity index (χ3n) is 2.60. The van der Waals surface area contributed by atoms with Gasteiger partial charge in [0.2, 0.25) is 5.91 Å². The van der Waals surface area contributed by atoms with Gasteiger partial charge in [-0.25, -0.2) is 0 Å². The molecular weight excluding hydrogens is 176 g/mol. The van der Waals surface area contributed by atoms with E-state index in [2.05, 4.69) is 6.07 Å². The Labute approximate surface area is 82.6 Å². The monoisotopic (exact) mass is 186 g/mol. The van der Waals surface area contributed by atoms with E-state index in [1.165, 1.54) is 0 Å². The van der Waals surface area contributed by atoms with E-state index in [-0.39, 0.29) is 18.2 Å². The van der Waals surface area contributed by atoms with E-state index in [0.717, 1.165) is 11.3 Å². The molecule has 1 heterocycles. The number of hydrogen-bond donors (Lipinski definition) is 0. The van der Waals surface area contributed by atoms with Crippen LogP contribution in [0.3, 0.4) is 0 Å². The van der Waals surface area contributed by atoms with E-state index in [1.54, 1.807) is 11.9 Å². The first-order valence-electron chi connectivity index (χ1n) is 4.49. The molecule has 0 bridgehead atoms. The van der Waals surface area contributed by atoms with Crippen molar-refractivity contribution in [2.75, 3.05) is 11.9 Å². The summed E-state index contributed by atoms with van der Waals surface area (Å²) in [4.78, 5) is 13.3. The first-order valence-corrected chi connectivity index (χ1v) is 4.49. The van der Waals surface area contributed by atoms with E-state index in [1.807, 2.05) is 24.3 Å². The van der Waals surface area contributed by atoms with Gasteiger partial charge in [-0.3, -0.25) is 4.79 Å². The summed E-state index contributed by atoms with van der Waals surface area (Å²) in [6.45, 7) is 0. The first-order chi connectivity index (χ1) is 6.75. The SMILES string of the molecule is CN1C(=O)[C@H](CC#N)c2ccccc21. The minimum atomic E-state index is -0.263. The second-order valence-corrected chi connectivity index (χ2v) is 3.37. The average molecular weight is 186 g/mol. The molecule has 0 N–H and O–H groups in total. The Balaban J connectivity index is 2.49. The van der Waals surface area contributed by atoms with Crippen LogP contribution in [0.1, 0.15) is 17.9 Å². The zero-order valence-electron chi connectivity index (χ0n) is 7.90. The number of para-hydroxylation sites is 1. The molecular formula is C11H10N2O. The van der Waals surface area contributed by atoms with E-state index in [4.69, 9.17) is 5.26 Å². The summed E-state index contributed by atoms with van der Waals surface area (Å²) in [6, 6.07) is 9.68. The quantitative estimate of drug-likeness (QED) is 0.669. The lowest BCUT2D eigenvalue weighted by Crippen LogP contribution is -2.23. The molecule has 1 atom stereocenters. The Morgan fingerprint density at radius 1 is 1.50 bits per heavy atom. The molecule has 0 aromatic heterocycles. The molecule has 70 valence electrons.